The number of carbonyl (C=O) groups is 2. The summed E-state index contributed by atoms with van der Waals surface area (Å²) in [6, 6.07) is 2.66. The molecule has 0 saturated carbocycles. The summed E-state index contributed by atoms with van der Waals surface area (Å²) in [5.74, 6) is -1.81. The molecule has 1 aliphatic heterocycles. The van der Waals surface area contributed by atoms with Crippen LogP contribution in [0.1, 0.15) is 17.3 Å². The van der Waals surface area contributed by atoms with E-state index in [9.17, 15) is 19.8 Å². The first kappa shape index (κ1) is 13.5. The zero-order valence-electron chi connectivity index (χ0n) is 10.1. The van der Waals surface area contributed by atoms with Crippen LogP contribution >= 0.6 is 11.8 Å². The molecule has 2 atom stereocenters. The fourth-order valence-electron chi connectivity index (χ4n) is 1.98. The predicted molar refractivity (Wildman–Crippen MR) is 69.3 cm³/mol. The molecule has 0 aliphatic carbocycles. The Morgan fingerprint density at radius 3 is 2.68 bits per heavy atom. The van der Waals surface area contributed by atoms with Gasteiger partial charge >= 0.3 is 5.97 Å². The van der Waals surface area contributed by atoms with Gasteiger partial charge in [0, 0.05) is 5.75 Å². The van der Waals surface area contributed by atoms with E-state index < -0.39 is 17.9 Å². The average Bonchev–Trinajstić information content (AvgIpc) is 2.73. The first-order chi connectivity index (χ1) is 8.91. The first-order valence-electron chi connectivity index (χ1n) is 5.61. The lowest BCUT2D eigenvalue weighted by atomic mass is 10.1. The number of benzene rings is 1. The summed E-state index contributed by atoms with van der Waals surface area (Å²) in [5, 5.41) is 27.8. The quantitative estimate of drug-likeness (QED) is 0.703. The van der Waals surface area contributed by atoms with E-state index in [0.29, 0.717) is 5.75 Å². The molecule has 2 unspecified atom stereocenters. The lowest BCUT2D eigenvalue weighted by molar-refractivity contribution is -0.141. The van der Waals surface area contributed by atoms with Crippen LogP contribution in [0, 0.1) is 0 Å². The summed E-state index contributed by atoms with van der Waals surface area (Å²) in [5.41, 5.74) is -0.0967. The Morgan fingerprint density at radius 1 is 1.37 bits per heavy atom. The van der Waals surface area contributed by atoms with Crippen LogP contribution in [0.5, 0.6) is 11.5 Å². The minimum atomic E-state index is -1.08. The molecule has 2 rings (SSSR count). The average molecular weight is 283 g/mol. The SMILES string of the molecule is CC1SCC(C(=O)O)N1C(=O)c1cc(O)ccc1O. The van der Waals surface area contributed by atoms with Gasteiger partial charge in [-0.15, -0.1) is 11.8 Å². The molecular formula is C12H13NO5S. The van der Waals surface area contributed by atoms with Gasteiger partial charge in [0.1, 0.15) is 17.5 Å². The van der Waals surface area contributed by atoms with Gasteiger partial charge < -0.3 is 20.2 Å². The summed E-state index contributed by atoms with van der Waals surface area (Å²) < 4.78 is 0. The van der Waals surface area contributed by atoms with Crippen LogP contribution in [0.3, 0.4) is 0 Å². The van der Waals surface area contributed by atoms with Crippen molar-refractivity contribution in [2.75, 3.05) is 5.75 Å². The van der Waals surface area contributed by atoms with Crippen molar-refractivity contribution in [2.24, 2.45) is 0 Å². The fourth-order valence-corrected chi connectivity index (χ4v) is 3.14. The second kappa shape index (κ2) is 5.00. The summed E-state index contributed by atoms with van der Waals surface area (Å²) in [7, 11) is 0. The lowest BCUT2D eigenvalue weighted by Crippen LogP contribution is -2.44. The third-order valence-electron chi connectivity index (χ3n) is 2.95. The number of carboxylic acids is 1. The number of nitrogens with zero attached hydrogens (tertiary/aromatic N) is 1. The fraction of sp³-hybridized carbons (Fsp3) is 0.333. The van der Waals surface area contributed by atoms with Crippen LogP contribution in [-0.2, 0) is 4.79 Å². The van der Waals surface area contributed by atoms with E-state index in [2.05, 4.69) is 0 Å². The molecule has 1 amide bonds. The minimum Gasteiger partial charge on any atom is -0.508 e. The molecule has 0 bridgehead atoms. The van der Waals surface area contributed by atoms with Crippen LogP contribution in [0.25, 0.3) is 0 Å². The summed E-state index contributed by atoms with van der Waals surface area (Å²) >= 11 is 1.35. The molecule has 102 valence electrons. The number of rotatable bonds is 2. The van der Waals surface area contributed by atoms with Crippen LogP contribution in [0.4, 0.5) is 0 Å². The van der Waals surface area contributed by atoms with Crippen molar-refractivity contribution in [1.82, 2.24) is 4.90 Å². The highest BCUT2D eigenvalue weighted by Gasteiger charge is 2.40. The number of carbonyl (C=O) groups excluding carboxylic acids is 1. The summed E-state index contributed by atoms with van der Waals surface area (Å²) in [6.45, 7) is 1.73. The van der Waals surface area contributed by atoms with Gasteiger partial charge in [0.25, 0.3) is 5.91 Å². The zero-order valence-corrected chi connectivity index (χ0v) is 10.9. The smallest absolute Gasteiger partial charge is 0.327 e. The Balaban J connectivity index is 2.37. The molecule has 1 aliphatic rings. The second-order valence-corrected chi connectivity index (χ2v) is 5.55. The van der Waals surface area contributed by atoms with Gasteiger partial charge in [-0.1, -0.05) is 0 Å². The Bertz CT molecular complexity index is 533. The maximum absolute atomic E-state index is 12.3. The first-order valence-corrected chi connectivity index (χ1v) is 6.65. The maximum Gasteiger partial charge on any atom is 0.327 e. The van der Waals surface area contributed by atoms with E-state index in [1.165, 1.54) is 28.8 Å². The van der Waals surface area contributed by atoms with Gasteiger partial charge in [0.2, 0.25) is 0 Å². The van der Waals surface area contributed by atoms with Crippen molar-refractivity contribution in [1.29, 1.82) is 0 Å². The third-order valence-corrected chi connectivity index (χ3v) is 4.17. The maximum atomic E-state index is 12.3. The van der Waals surface area contributed by atoms with E-state index in [1.807, 2.05) is 0 Å². The van der Waals surface area contributed by atoms with Gasteiger partial charge in [-0.05, 0) is 25.1 Å². The number of thioether (sulfide) groups is 1. The van der Waals surface area contributed by atoms with Crippen LogP contribution in [0.2, 0.25) is 0 Å². The molecule has 1 aromatic carbocycles. The highest BCUT2D eigenvalue weighted by atomic mass is 32.2. The van der Waals surface area contributed by atoms with E-state index in [0.717, 1.165) is 6.07 Å². The van der Waals surface area contributed by atoms with E-state index >= 15 is 0 Å². The van der Waals surface area contributed by atoms with Crippen molar-refractivity contribution in [3.8, 4) is 11.5 Å². The van der Waals surface area contributed by atoms with Crippen molar-refractivity contribution >= 4 is 23.6 Å². The molecule has 6 nitrogen and oxygen atoms in total. The van der Waals surface area contributed by atoms with Crippen molar-refractivity contribution in [2.45, 2.75) is 18.3 Å². The van der Waals surface area contributed by atoms with Gasteiger partial charge in [-0.25, -0.2) is 4.79 Å². The van der Waals surface area contributed by atoms with Gasteiger partial charge in [-0.3, -0.25) is 4.79 Å². The number of carboxylic acid groups (broad SMARTS) is 1. The minimum absolute atomic E-state index is 0.0967. The zero-order chi connectivity index (χ0) is 14.2. The summed E-state index contributed by atoms with van der Waals surface area (Å²) in [6.07, 6.45) is 0. The molecule has 1 fully saturated rings. The summed E-state index contributed by atoms with van der Waals surface area (Å²) in [4.78, 5) is 24.7. The highest BCUT2D eigenvalue weighted by molar-refractivity contribution is 8.00. The molecule has 0 radical (unpaired) electrons. The van der Waals surface area contributed by atoms with Gasteiger partial charge in [0.15, 0.2) is 0 Å². The number of aliphatic carboxylic acids is 1. The molecule has 1 saturated heterocycles. The van der Waals surface area contributed by atoms with Gasteiger partial charge in [-0.2, -0.15) is 0 Å². The highest BCUT2D eigenvalue weighted by Crippen LogP contribution is 2.33. The monoisotopic (exact) mass is 283 g/mol. The van der Waals surface area contributed by atoms with Crippen LogP contribution in [0.15, 0.2) is 18.2 Å². The van der Waals surface area contributed by atoms with Crippen molar-refractivity contribution in [3.05, 3.63) is 23.8 Å². The molecule has 0 aromatic heterocycles. The number of phenols is 2. The Labute approximate surface area is 113 Å². The predicted octanol–water partition coefficient (Wildman–Crippen LogP) is 1.09. The third kappa shape index (κ3) is 2.46. The number of phenolic OH excluding ortho intramolecular Hbond substituents is 2. The second-order valence-electron chi connectivity index (χ2n) is 4.20. The molecule has 0 spiro atoms. The molecule has 19 heavy (non-hydrogen) atoms. The molecular weight excluding hydrogens is 270 g/mol. The van der Waals surface area contributed by atoms with Crippen LogP contribution in [-0.4, -0.2) is 49.3 Å². The van der Waals surface area contributed by atoms with E-state index in [-0.39, 0.29) is 22.4 Å². The number of hydrogen-bond donors (Lipinski definition) is 3. The Hall–Kier alpha value is -1.89. The molecule has 7 heteroatoms. The molecule has 1 aromatic rings. The number of amides is 1. The number of aromatic hydroxyl groups is 2. The van der Waals surface area contributed by atoms with E-state index in [4.69, 9.17) is 5.11 Å². The lowest BCUT2D eigenvalue weighted by Gasteiger charge is -2.25. The molecule has 1 heterocycles. The Kier molecular flexibility index (Phi) is 3.57. The van der Waals surface area contributed by atoms with Crippen LogP contribution < -0.4 is 0 Å². The van der Waals surface area contributed by atoms with Crippen molar-refractivity contribution in [3.63, 3.8) is 0 Å². The topological polar surface area (TPSA) is 98.1 Å². The Morgan fingerprint density at radius 2 is 2.05 bits per heavy atom. The van der Waals surface area contributed by atoms with E-state index in [1.54, 1.807) is 6.92 Å². The largest absolute Gasteiger partial charge is 0.508 e. The van der Waals surface area contributed by atoms with Gasteiger partial charge in [0.05, 0.1) is 10.9 Å². The molecule has 3 N–H and O–H groups in total. The normalized spacial score (nSPS) is 22.5. The number of hydrogen-bond acceptors (Lipinski definition) is 5. The standard InChI is InChI=1S/C12H13NO5S/c1-6-13(9(5-19-6)12(17)18)11(16)8-4-7(14)2-3-10(8)15/h2-4,6,9,14-15H,5H2,1H3,(H,17,18). The van der Waals surface area contributed by atoms with Crippen molar-refractivity contribution < 1.29 is 24.9 Å².